The second kappa shape index (κ2) is 10.3. The highest BCUT2D eigenvalue weighted by atomic mass is 16.5. The molecule has 0 aliphatic heterocycles. The summed E-state index contributed by atoms with van der Waals surface area (Å²) in [7, 11) is 1.52. The SMILES string of the molecule is CCCNC(=O)CNC(=O)COC(=O)Cc1cc(C)ccc1OC. The van der Waals surface area contributed by atoms with Gasteiger partial charge in [0.1, 0.15) is 5.75 Å². The minimum absolute atomic E-state index is 0.00905. The molecule has 0 aliphatic carbocycles. The number of esters is 1. The quantitative estimate of drug-likeness (QED) is 0.649. The molecule has 0 saturated heterocycles. The summed E-state index contributed by atoms with van der Waals surface area (Å²) in [6.07, 6.45) is 0.828. The molecule has 0 atom stereocenters. The summed E-state index contributed by atoms with van der Waals surface area (Å²) < 4.78 is 10.1. The number of nitrogens with one attached hydrogen (secondary N) is 2. The number of hydrogen-bond acceptors (Lipinski definition) is 5. The molecule has 1 rings (SSSR count). The van der Waals surface area contributed by atoms with Crippen molar-refractivity contribution in [3.63, 3.8) is 0 Å². The molecule has 0 aliphatic rings. The van der Waals surface area contributed by atoms with Crippen LogP contribution in [0.25, 0.3) is 0 Å². The van der Waals surface area contributed by atoms with Crippen LogP contribution in [0.1, 0.15) is 24.5 Å². The normalized spacial score (nSPS) is 9.96. The highest BCUT2D eigenvalue weighted by Crippen LogP contribution is 2.20. The smallest absolute Gasteiger partial charge is 0.310 e. The number of methoxy groups -OCH3 is 1. The van der Waals surface area contributed by atoms with Gasteiger partial charge >= 0.3 is 5.97 Å². The minimum atomic E-state index is -0.538. The van der Waals surface area contributed by atoms with Crippen LogP contribution in [0.5, 0.6) is 5.75 Å². The number of carbonyl (C=O) groups is 3. The van der Waals surface area contributed by atoms with E-state index in [0.29, 0.717) is 17.9 Å². The van der Waals surface area contributed by atoms with E-state index in [9.17, 15) is 14.4 Å². The van der Waals surface area contributed by atoms with Crippen LogP contribution in [-0.2, 0) is 25.5 Å². The summed E-state index contributed by atoms with van der Waals surface area (Å²) in [6, 6.07) is 5.49. The van der Waals surface area contributed by atoms with Crippen LogP contribution < -0.4 is 15.4 Å². The van der Waals surface area contributed by atoms with E-state index in [2.05, 4.69) is 10.6 Å². The first-order valence-corrected chi connectivity index (χ1v) is 7.78. The molecule has 0 bridgehead atoms. The lowest BCUT2D eigenvalue weighted by Gasteiger charge is -2.10. The van der Waals surface area contributed by atoms with Crippen molar-refractivity contribution in [3.05, 3.63) is 29.3 Å². The monoisotopic (exact) mass is 336 g/mol. The van der Waals surface area contributed by atoms with Gasteiger partial charge in [-0.15, -0.1) is 0 Å². The van der Waals surface area contributed by atoms with E-state index in [1.165, 1.54) is 7.11 Å². The topological polar surface area (TPSA) is 93.7 Å². The number of benzene rings is 1. The first-order valence-electron chi connectivity index (χ1n) is 7.78. The fraction of sp³-hybridized carbons (Fsp3) is 0.471. The van der Waals surface area contributed by atoms with Crippen LogP contribution in [0, 0.1) is 6.92 Å². The Balaban J connectivity index is 2.37. The Bertz CT molecular complexity index is 586. The van der Waals surface area contributed by atoms with Gasteiger partial charge in [0.2, 0.25) is 5.91 Å². The summed E-state index contributed by atoms with van der Waals surface area (Å²) in [5.74, 6) is -0.744. The van der Waals surface area contributed by atoms with Gasteiger partial charge in [0.25, 0.3) is 5.91 Å². The van der Waals surface area contributed by atoms with Gasteiger partial charge in [-0.25, -0.2) is 0 Å². The van der Waals surface area contributed by atoms with Gasteiger partial charge in [-0.1, -0.05) is 24.6 Å². The summed E-state index contributed by atoms with van der Waals surface area (Å²) in [5, 5.41) is 5.02. The van der Waals surface area contributed by atoms with Gasteiger partial charge in [0, 0.05) is 12.1 Å². The van der Waals surface area contributed by atoms with Crippen LogP contribution in [0.2, 0.25) is 0 Å². The van der Waals surface area contributed by atoms with Crippen molar-refractivity contribution in [1.82, 2.24) is 10.6 Å². The van der Waals surface area contributed by atoms with Gasteiger partial charge < -0.3 is 20.1 Å². The zero-order valence-electron chi connectivity index (χ0n) is 14.3. The number of rotatable bonds is 9. The number of hydrogen-bond donors (Lipinski definition) is 2. The van der Waals surface area contributed by atoms with E-state index in [1.807, 2.05) is 26.0 Å². The molecule has 7 heteroatoms. The average Bonchev–Trinajstić information content (AvgIpc) is 2.56. The van der Waals surface area contributed by atoms with Gasteiger partial charge in [-0.2, -0.15) is 0 Å². The maximum atomic E-state index is 11.8. The Morgan fingerprint density at radius 3 is 2.54 bits per heavy atom. The molecule has 0 radical (unpaired) electrons. The second-order valence-electron chi connectivity index (χ2n) is 5.28. The van der Waals surface area contributed by atoms with E-state index in [-0.39, 0.29) is 18.9 Å². The molecular formula is C17H24N2O5. The Hall–Kier alpha value is -2.57. The van der Waals surface area contributed by atoms with Crippen molar-refractivity contribution in [2.24, 2.45) is 0 Å². The van der Waals surface area contributed by atoms with Crippen molar-refractivity contribution in [2.45, 2.75) is 26.7 Å². The molecular weight excluding hydrogens is 312 g/mol. The highest BCUT2D eigenvalue weighted by Gasteiger charge is 2.12. The third kappa shape index (κ3) is 7.13. The molecule has 7 nitrogen and oxygen atoms in total. The molecule has 0 heterocycles. The Kier molecular flexibility index (Phi) is 8.32. The average molecular weight is 336 g/mol. The van der Waals surface area contributed by atoms with Crippen LogP contribution in [-0.4, -0.2) is 44.6 Å². The van der Waals surface area contributed by atoms with E-state index in [4.69, 9.17) is 9.47 Å². The molecule has 0 aromatic heterocycles. The first-order chi connectivity index (χ1) is 11.5. The lowest BCUT2D eigenvalue weighted by molar-refractivity contribution is -0.148. The van der Waals surface area contributed by atoms with Crippen LogP contribution in [0.3, 0.4) is 0 Å². The van der Waals surface area contributed by atoms with Gasteiger partial charge in [-0.3, -0.25) is 14.4 Å². The molecule has 132 valence electrons. The lowest BCUT2D eigenvalue weighted by atomic mass is 10.1. The number of ether oxygens (including phenoxy) is 2. The van der Waals surface area contributed by atoms with Gasteiger partial charge in [-0.05, 0) is 19.4 Å². The lowest BCUT2D eigenvalue weighted by Crippen LogP contribution is -2.39. The summed E-state index contributed by atoms with van der Waals surface area (Å²) in [6.45, 7) is 3.84. The molecule has 1 aromatic rings. The van der Waals surface area contributed by atoms with Crippen LogP contribution in [0.4, 0.5) is 0 Å². The van der Waals surface area contributed by atoms with Crippen molar-refractivity contribution >= 4 is 17.8 Å². The van der Waals surface area contributed by atoms with Crippen LogP contribution >= 0.6 is 0 Å². The van der Waals surface area contributed by atoms with Crippen molar-refractivity contribution in [3.8, 4) is 5.75 Å². The maximum Gasteiger partial charge on any atom is 0.310 e. The van der Waals surface area contributed by atoms with Gasteiger partial charge in [0.15, 0.2) is 6.61 Å². The van der Waals surface area contributed by atoms with E-state index in [1.54, 1.807) is 6.07 Å². The predicted molar refractivity (Wildman–Crippen MR) is 88.7 cm³/mol. The zero-order valence-corrected chi connectivity index (χ0v) is 14.3. The fourth-order valence-corrected chi connectivity index (χ4v) is 1.95. The Labute approximate surface area is 141 Å². The Morgan fingerprint density at radius 2 is 1.88 bits per heavy atom. The Morgan fingerprint density at radius 1 is 1.12 bits per heavy atom. The van der Waals surface area contributed by atoms with Crippen molar-refractivity contribution in [2.75, 3.05) is 26.8 Å². The molecule has 0 fully saturated rings. The molecule has 2 N–H and O–H groups in total. The summed E-state index contributed by atoms with van der Waals surface area (Å²) >= 11 is 0. The highest BCUT2D eigenvalue weighted by molar-refractivity contribution is 5.86. The zero-order chi connectivity index (χ0) is 17.9. The summed E-state index contributed by atoms with van der Waals surface area (Å²) in [4.78, 5) is 34.7. The number of amides is 2. The largest absolute Gasteiger partial charge is 0.496 e. The standard InChI is InChI=1S/C17H24N2O5/c1-4-7-18-15(20)10-19-16(21)11-24-17(22)9-13-8-12(2)5-6-14(13)23-3/h5-6,8H,4,7,9-11H2,1-3H3,(H,18,20)(H,19,21). The van der Waals surface area contributed by atoms with E-state index >= 15 is 0 Å². The number of aryl methyl sites for hydroxylation is 1. The van der Waals surface area contributed by atoms with Crippen LogP contribution in [0.15, 0.2) is 18.2 Å². The summed E-state index contributed by atoms with van der Waals surface area (Å²) in [5.41, 5.74) is 1.69. The molecule has 2 amide bonds. The molecule has 1 aromatic carbocycles. The van der Waals surface area contributed by atoms with Gasteiger partial charge in [0.05, 0.1) is 20.1 Å². The van der Waals surface area contributed by atoms with Crippen molar-refractivity contribution < 1.29 is 23.9 Å². The predicted octanol–water partition coefficient (Wildman–Crippen LogP) is 0.732. The third-order valence-electron chi connectivity index (χ3n) is 3.15. The van der Waals surface area contributed by atoms with E-state index in [0.717, 1.165) is 12.0 Å². The molecule has 0 spiro atoms. The minimum Gasteiger partial charge on any atom is -0.496 e. The first kappa shape index (κ1) is 19.5. The molecule has 24 heavy (non-hydrogen) atoms. The maximum absolute atomic E-state index is 11.8. The van der Waals surface area contributed by atoms with E-state index < -0.39 is 18.5 Å². The molecule has 0 unspecified atom stereocenters. The fourth-order valence-electron chi connectivity index (χ4n) is 1.95. The second-order valence-corrected chi connectivity index (χ2v) is 5.28. The number of carbonyl (C=O) groups excluding carboxylic acids is 3. The third-order valence-corrected chi connectivity index (χ3v) is 3.15. The van der Waals surface area contributed by atoms with Crippen molar-refractivity contribution in [1.29, 1.82) is 0 Å². The molecule has 0 saturated carbocycles.